The monoisotopic (exact) mass is 614 g/mol. The average Bonchev–Trinajstić information content (AvgIpc) is 3.12. The molecular formula is C41H46N2OS. The van der Waals surface area contributed by atoms with E-state index in [-0.39, 0.29) is 5.78 Å². The second-order valence-corrected chi connectivity index (χ2v) is 10.3. The molecule has 0 aromatic heterocycles. The minimum Gasteiger partial charge on any atom is -0.388 e. The number of anilines is 3. The van der Waals surface area contributed by atoms with Gasteiger partial charge >= 0.3 is 0 Å². The van der Waals surface area contributed by atoms with E-state index in [1.807, 2.05) is 177 Å². The van der Waals surface area contributed by atoms with E-state index in [4.69, 9.17) is 0 Å². The van der Waals surface area contributed by atoms with E-state index in [9.17, 15) is 4.79 Å². The van der Waals surface area contributed by atoms with Crippen molar-refractivity contribution in [3.63, 3.8) is 0 Å². The molecule has 0 unspecified atom stereocenters. The number of benzene rings is 5. The van der Waals surface area contributed by atoms with Gasteiger partial charge in [0.25, 0.3) is 0 Å². The molecule has 0 saturated carbocycles. The van der Waals surface area contributed by atoms with Crippen LogP contribution in [0.1, 0.15) is 43.5 Å². The number of rotatable bonds is 5. The molecule has 5 aromatic carbocycles. The number of hydrogen-bond acceptors (Lipinski definition) is 4. The molecule has 0 fully saturated rings. The molecule has 6 rings (SSSR count). The van der Waals surface area contributed by atoms with Gasteiger partial charge in [0, 0.05) is 40.1 Å². The number of allylic oxidation sites excluding steroid dienone is 4. The molecule has 5 aromatic rings. The lowest BCUT2D eigenvalue weighted by Crippen LogP contribution is -2.04. The summed E-state index contributed by atoms with van der Waals surface area (Å²) in [6.07, 6.45) is 9.15. The summed E-state index contributed by atoms with van der Waals surface area (Å²) in [4.78, 5) is 12.8. The summed E-state index contributed by atoms with van der Waals surface area (Å²) < 4.78 is 0. The second kappa shape index (κ2) is 23.6. The van der Waals surface area contributed by atoms with Gasteiger partial charge in [-0.25, -0.2) is 0 Å². The van der Waals surface area contributed by atoms with E-state index in [0.29, 0.717) is 5.56 Å². The Morgan fingerprint density at radius 3 is 1.38 bits per heavy atom. The van der Waals surface area contributed by atoms with Gasteiger partial charge in [-0.3, -0.25) is 4.79 Å². The number of carbonyl (C=O) groups excluding carboxylic acids is 1. The van der Waals surface area contributed by atoms with Crippen LogP contribution in [0.2, 0.25) is 0 Å². The average molecular weight is 615 g/mol. The highest BCUT2D eigenvalue weighted by atomic mass is 32.1. The second-order valence-electron chi connectivity index (χ2n) is 9.82. The fourth-order valence-corrected chi connectivity index (χ4v) is 4.06. The first-order chi connectivity index (χ1) is 22.1. The highest BCUT2D eigenvalue weighted by Gasteiger charge is 2.13. The van der Waals surface area contributed by atoms with Crippen molar-refractivity contribution in [2.45, 2.75) is 38.0 Å². The predicted octanol–water partition coefficient (Wildman–Crippen LogP) is 11.7. The number of nitrogens with one attached hydrogen (secondary N) is 2. The highest BCUT2D eigenvalue weighted by Crippen LogP contribution is 2.20. The molecule has 0 aliphatic heterocycles. The minimum absolute atomic E-state index is 0.0663. The zero-order chi connectivity index (χ0) is 32.4. The first-order valence-corrected chi connectivity index (χ1v) is 15.8. The van der Waals surface area contributed by atoms with Crippen LogP contribution in [0.25, 0.3) is 0 Å². The lowest BCUT2D eigenvalue weighted by Gasteiger charge is -2.07. The maximum absolute atomic E-state index is 12.1. The quantitative estimate of drug-likeness (QED) is 0.136. The zero-order valence-corrected chi connectivity index (χ0v) is 27.5. The Bertz CT molecular complexity index is 1440. The van der Waals surface area contributed by atoms with E-state index in [1.54, 1.807) is 0 Å². The normalized spacial score (nSPS) is 10.7. The van der Waals surface area contributed by atoms with Crippen molar-refractivity contribution in [3.05, 3.63) is 181 Å². The summed E-state index contributed by atoms with van der Waals surface area (Å²) in [5, 5.41) is 6.33. The van der Waals surface area contributed by atoms with Gasteiger partial charge in [-0.05, 0) is 61.4 Å². The van der Waals surface area contributed by atoms with Crippen LogP contribution in [-0.2, 0) is 0 Å². The van der Waals surface area contributed by atoms with Crippen LogP contribution >= 0.6 is 12.6 Å². The highest BCUT2D eigenvalue weighted by molar-refractivity contribution is 7.80. The van der Waals surface area contributed by atoms with Gasteiger partial charge in [0.1, 0.15) is 0 Å². The van der Waals surface area contributed by atoms with Crippen molar-refractivity contribution in [2.24, 2.45) is 0 Å². The molecule has 1 aliphatic rings. The summed E-state index contributed by atoms with van der Waals surface area (Å²) in [6.45, 7) is 4.25. The Kier molecular flexibility index (Phi) is 19.1. The molecule has 4 heteroatoms. The van der Waals surface area contributed by atoms with Crippen LogP contribution in [0.5, 0.6) is 0 Å². The Morgan fingerprint density at radius 2 is 1.00 bits per heavy atom. The summed E-state index contributed by atoms with van der Waals surface area (Å²) in [7, 11) is 1.91. The minimum atomic E-state index is 0.0663. The van der Waals surface area contributed by atoms with E-state index < -0.39 is 0 Å². The topological polar surface area (TPSA) is 41.1 Å². The molecular weight excluding hydrogens is 569 g/mol. The van der Waals surface area contributed by atoms with Gasteiger partial charge in [0.2, 0.25) is 0 Å². The first-order valence-electron chi connectivity index (χ1n) is 15.4. The third-order valence-electron chi connectivity index (χ3n) is 5.97. The fourth-order valence-electron chi connectivity index (χ4n) is 3.80. The van der Waals surface area contributed by atoms with Gasteiger partial charge in [-0.1, -0.05) is 142 Å². The standard InChI is InChI=1S/C13H12OS.C12H11N.C7H9N.C6H6.C3H8/c14-13(10-6-2-1-3-7-10)11-8-4-5-9-12(11)15;1-3-7-11(8-4-1)13-12-9-5-2-6-10-12;1-8-7-5-3-2-4-6-7;1-2-4-6-5-3-1;1-3-2/h2,4-9,15H,1,3H2;1-10,13H;2-6,8H,1H3;1-6H;3H2,1-2H3. The number of para-hydroxylation sites is 3. The van der Waals surface area contributed by atoms with Crippen LogP contribution in [-0.4, -0.2) is 12.8 Å². The number of carbonyl (C=O) groups is 1. The van der Waals surface area contributed by atoms with Crippen molar-refractivity contribution < 1.29 is 4.79 Å². The molecule has 0 saturated heterocycles. The van der Waals surface area contributed by atoms with E-state index in [2.05, 4.69) is 37.1 Å². The molecule has 0 amide bonds. The Hall–Kier alpha value is -4.80. The SMILES string of the molecule is CCC.CNc1ccccc1.O=C(C1=CCCC=C1)c1ccccc1S.c1ccc(Nc2ccccc2)cc1.c1ccccc1. The number of Topliss-reactive ketones (excluding diaryl/α,β-unsaturated/α-hetero) is 1. The third-order valence-corrected chi connectivity index (χ3v) is 6.36. The smallest absolute Gasteiger partial charge is 0.193 e. The number of hydrogen-bond donors (Lipinski definition) is 3. The Labute approximate surface area is 276 Å². The molecule has 0 bridgehead atoms. The number of ketones is 1. The van der Waals surface area contributed by atoms with Crippen molar-refractivity contribution in [2.75, 3.05) is 17.7 Å². The predicted molar refractivity (Wildman–Crippen MR) is 199 cm³/mol. The summed E-state index contributed by atoms with van der Waals surface area (Å²) in [5.74, 6) is 0.0663. The fraction of sp³-hybridized carbons (Fsp3) is 0.146. The van der Waals surface area contributed by atoms with Crippen LogP contribution < -0.4 is 10.6 Å². The number of thiol groups is 1. The molecule has 2 N–H and O–H groups in total. The molecule has 232 valence electrons. The van der Waals surface area contributed by atoms with Crippen molar-refractivity contribution in [1.29, 1.82) is 0 Å². The maximum atomic E-state index is 12.1. The molecule has 45 heavy (non-hydrogen) atoms. The van der Waals surface area contributed by atoms with E-state index in [0.717, 1.165) is 40.4 Å². The summed E-state index contributed by atoms with van der Waals surface area (Å²) in [6, 6.07) is 49.7. The van der Waals surface area contributed by atoms with Crippen LogP contribution in [0, 0.1) is 0 Å². The third kappa shape index (κ3) is 16.0. The van der Waals surface area contributed by atoms with Crippen molar-refractivity contribution in [1.82, 2.24) is 0 Å². The first kappa shape index (κ1) is 36.4. The lowest BCUT2D eigenvalue weighted by atomic mass is 9.98. The molecule has 0 radical (unpaired) electrons. The lowest BCUT2D eigenvalue weighted by molar-refractivity contribution is 0.103. The summed E-state index contributed by atoms with van der Waals surface area (Å²) >= 11 is 4.28. The van der Waals surface area contributed by atoms with Gasteiger partial charge < -0.3 is 10.6 Å². The van der Waals surface area contributed by atoms with Crippen molar-refractivity contribution >= 4 is 35.5 Å². The summed E-state index contributed by atoms with van der Waals surface area (Å²) in [5.41, 5.74) is 4.86. The van der Waals surface area contributed by atoms with Gasteiger partial charge in [-0.15, -0.1) is 12.6 Å². The van der Waals surface area contributed by atoms with Crippen LogP contribution in [0.4, 0.5) is 17.1 Å². The van der Waals surface area contributed by atoms with Gasteiger partial charge in [0.15, 0.2) is 5.78 Å². The Morgan fingerprint density at radius 1 is 0.600 bits per heavy atom. The molecule has 0 atom stereocenters. The van der Waals surface area contributed by atoms with Crippen molar-refractivity contribution in [3.8, 4) is 0 Å². The van der Waals surface area contributed by atoms with E-state index in [1.165, 1.54) is 6.42 Å². The van der Waals surface area contributed by atoms with E-state index >= 15 is 0 Å². The van der Waals surface area contributed by atoms with Crippen LogP contribution in [0.3, 0.4) is 0 Å². The molecule has 0 heterocycles. The van der Waals surface area contributed by atoms with Gasteiger partial charge in [-0.2, -0.15) is 0 Å². The largest absolute Gasteiger partial charge is 0.388 e. The molecule has 1 aliphatic carbocycles. The Balaban J connectivity index is 0.000000213. The van der Waals surface area contributed by atoms with Crippen LogP contribution in [0.15, 0.2) is 180 Å². The van der Waals surface area contributed by atoms with Gasteiger partial charge in [0.05, 0.1) is 0 Å². The zero-order valence-electron chi connectivity index (χ0n) is 26.6. The molecule has 3 nitrogen and oxygen atoms in total. The maximum Gasteiger partial charge on any atom is 0.193 e. The molecule has 0 spiro atoms.